The summed E-state index contributed by atoms with van der Waals surface area (Å²) in [6.07, 6.45) is 1.09. The Bertz CT molecular complexity index is 1100. The zero-order chi connectivity index (χ0) is 22.9. The molecule has 0 bridgehead atoms. The van der Waals surface area contributed by atoms with E-state index >= 15 is 0 Å². The van der Waals surface area contributed by atoms with Crippen LogP contribution in [0.4, 0.5) is 5.69 Å². The van der Waals surface area contributed by atoms with Crippen molar-refractivity contribution in [2.45, 2.75) is 46.7 Å². The molecule has 1 heterocycles. The van der Waals surface area contributed by atoms with E-state index < -0.39 is 16.1 Å². The first-order valence-corrected chi connectivity index (χ1v) is 12.1. The van der Waals surface area contributed by atoms with Crippen LogP contribution < -0.4 is 19.1 Å². The van der Waals surface area contributed by atoms with Gasteiger partial charge in [0.1, 0.15) is 19.3 Å². The average Bonchev–Trinajstić information content (AvgIpc) is 2.69. The van der Waals surface area contributed by atoms with Crippen LogP contribution in [0.15, 0.2) is 30.3 Å². The Morgan fingerprint density at radius 2 is 1.58 bits per heavy atom. The molecule has 2 atom stereocenters. The van der Waals surface area contributed by atoms with Gasteiger partial charge in [0.2, 0.25) is 15.9 Å². The van der Waals surface area contributed by atoms with Crippen LogP contribution in [0.2, 0.25) is 0 Å². The van der Waals surface area contributed by atoms with Crippen molar-refractivity contribution in [1.82, 2.24) is 5.32 Å². The van der Waals surface area contributed by atoms with E-state index in [4.69, 9.17) is 9.47 Å². The Balaban J connectivity index is 1.86. The predicted molar refractivity (Wildman–Crippen MR) is 121 cm³/mol. The van der Waals surface area contributed by atoms with Crippen LogP contribution in [0.1, 0.15) is 42.1 Å². The fourth-order valence-corrected chi connectivity index (χ4v) is 5.01. The van der Waals surface area contributed by atoms with Gasteiger partial charge in [-0.1, -0.05) is 12.1 Å². The molecular weight excluding hydrogens is 416 g/mol. The number of nitrogens with one attached hydrogen (secondary N) is 1. The molecule has 0 saturated carbocycles. The van der Waals surface area contributed by atoms with E-state index in [2.05, 4.69) is 24.4 Å². The molecule has 168 valence electrons. The van der Waals surface area contributed by atoms with E-state index in [1.807, 2.05) is 20.8 Å². The van der Waals surface area contributed by atoms with Crippen molar-refractivity contribution >= 4 is 21.6 Å². The lowest BCUT2D eigenvalue weighted by molar-refractivity contribution is -0.122. The summed E-state index contributed by atoms with van der Waals surface area (Å²) in [6, 6.07) is 7.81. The molecule has 0 unspecified atom stereocenters. The number of carbonyl (C=O) groups is 1. The normalized spacial score (nSPS) is 15.2. The second-order valence-corrected chi connectivity index (χ2v) is 9.95. The molecule has 1 amide bonds. The average molecular weight is 447 g/mol. The molecule has 2 aromatic carbocycles. The van der Waals surface area contributed by atoms with Crippen LogP contribution in [0, 0.1) is 20.8 Å². The van der Waals surface area contributed by atoms with E-state index in [0.29, 0.717) is 30.4 Å². The van der Waals surface area contributed by atoms with Gasteiger partial charge in [-0.25, -0.2) is 8.42 Å². The number of rotatable bonds is 6. The largest absolute Gasteiger partial charge is 0.486 e. The van der Waals surface area contributed by atoms with E-state index in [9.17, 15) is 13.2 Å². The highest BCUT2D eigenvalue weighted by Crippen LogP contribution is 2.35. The van der Waals surface area contributed by atoms with Gasteiger partial charge >= 0.3 is 0 Å². The lowest BCUT2D eigenvalue weighted by atomic mass is 9.96. The third-order valence-corrected chi connectivity index (χ3v) is 6.82. The smallest absolute Gasteiger partial charge is 0.244 e. The zero-order valence-electron chi connectivity index (χ0n) is 18.9. The highest BCUT2D eigenvalue weighted by molar-refractivity contribution is 7.92. The van der Waals surface area contributed by atoms with Gasteiger partial charge in [-0.15, -0.1) is 0 Å². The molecule has 0 saturated heterocycles. The summed E-state index contributed by atoms with van der Waals surface area (Å²) in [7, 11) is -3.73. The first-order chi connectivity index (χ1) is 14.5. The first-order valence-electron chi connectivity index (χ1n) is 10.3. The van der Waals surface area contributed by atoms with Crippen molar-refractivity contribution < 1.29 is 22.7 Å². The third-order valence-electron chi connectivity index (χ3n) is 5.58. The molecule has 1 aliphatic heterocycles. The highest BCUT2D eigenvalue weighted by atomic mass is 32.2. The maximum absolute atomic E-state index is 13.1. The number of hydrogen-bond donors (Lipinski definition) is 1. The maximum Gasteiger partial charge on any atom is 0.244 e. The number of sulfonamides is 1. The lowest BCUT2D eigenvalue weighted by Crippen LogP contribution is -2.48. The molecular formula is C23H30N2O5S. The van der Waals surface area contributed by atoms with E-state index in [1.54, 1.807) is 25.1 Å². The van der Waals surface area contributed by atoms with E-state index in [1.165, 1.54) is 5.56 Å². The monoisotopic (exact) mass is 446 g/mol. The van der Waals surface area contributed by atoms with Crippen molar-refractivity contribution in [3.63, 3.8) is 0 Å². The van der Waals surface area contributed by atoms with Gasteiger partial charge in [-0.2, -0.15) is 0 Å². The fraction of sp³-hybridized carbons (Fsp3) is 0.435. The minimum atomic E-state index is -3.73. The maximum atomic E-state index is 13.1. The minimum Gasteiger partial charge on any atom is -0.486 e. The minimum absolute atomic E-state index is 0.268. The van der Waals surface area contributed by atoms with Crippen molar-refractivity contribution in [1.29, 1.82) is 0 Å². The summed E-state index contributed by atoms with van der Waals surface area (Å²) in [4.78, 5) is 13.1. The first kappa shape index (κ1) is 22.9. The molecule has 0 spiro atoms. The molecule has 1 N–H and O–H groups in total. The molecule has 1 aliphatic rings. The lowest BCUT2D eigenvalue weighted by Gasteiger charge is -2.30. The van der Waals surface area contributed by atoms with Crippen LogP contribution in [-0.2, 0) is 14.8 Å². The summed E-state index contributed by atoms with van der Waals surface area (Å²) in [5, 5.41) is 2.97. The van der Waals surface area contributed by atoms with Gasteiger partial charge in [-0.05, 0) is 69.0 Å². The second-order valence-electron chi connectivity index (χ2n) is 8.09. The molecule has 3 rings (SSSR count). The Kier molecular flexibility index (Phi) is 6.50. The summed E-state index contributed by atoms with van der Waals surface area (Å²) < 4.78 is 37.4. The van der Waals surface area contributed by atoms with Crippen LogP contribution in [0.25, 0.3) is 0 Å². The van der Waals surface area contributed by atoms with Gasteiger partial charge in [0, 0.05) is 6.07 Å². The van der Waals surface area contributed by atoms with Crippen LogP contribution in [0.3, 0.4) is 0 Å². The Morgan fingerprint density at radius 3 is 2.23 bits per heavy atom. The standard InChI is InChI=1S/C23H30N2O5S/c1-14-11-16(3)20(12-15(14)2)17(4)24-23(26)18(5)25(31(6,27)28)19-7-8-21-22(13-19)30-10-9-29-21/h7-8,11-13,17-18H,9-10H2,1-6H3,(H,24,26)/t17-,18+/m0/s1. The highest BCUT2D eigenvalue weighted by Gasteiger charge is 2.31. The summed E-state index contributed by atoms with van der Waals surface area (Å²) in [6.45, 7) is 10.4. The van der Waals surface area contributed by atoms with E-state index in [-0.39, 0.29) is 11.9 Å². The van der Waals surface area contributed by atoms with Crippen molar-refractivity contribution in [3.05, 3.63) is 52.6 Å². The number of carbonyl (C=O) groups excluding carboxylic acids is 1. The summed E-state index contributed by atoms with van der Waals surface area (Å²) in [5.74, 6) is 0.633. The molecule has 0 aromatic heterocycles. The molecule has 8 heteroatoms. The predicted octanol–water partition coefficient (Wildman–Crippen LogP) is 3.41. The van der Waals surface area contributed by atoms with Crippen molar-refractivity contribution in [2.24, 2.45) is 0 Å². The second kappa shape index (κ2) is 8.78. The van der Waals surface area contributed by atoms with Crippen LogP contribution >= 0.6 is 0 Å². The SMILES string of the molecule is Cc1cc(C)c([C@H](C)NC(=O)[C@@H](C)N(c2ccc3c(c2)OCCO3)S(C)(=O)=O)cc1C. The molecule has 0 aliphatic carbocycles. The Morgan fingerprint density at radius 1 is 0.968 bits per heavy atom. The summed E-state index contributed by atoms with van der Waals surface area (Å²) >= 11 is 0. The molecule has 0 radical (unpaired) electrons. The number of anilines is 1. The van der Waals surface area contributed by atoms with Gasteiger partial charge in [-0.3, -0.25) is 9.10 Å². The number of hydrogen-bond acceptors (Lipinski definition) is 5. The van der Waals surface area contributed by atoms with Gasteiger partial charge in [0.25, 0.3) is 0 Å². The zero-order valence-corrected chi connectivity index (χ0v) is 19.7. The number of amides is 1. The summed E-state index contributed by atoms with van der Waals surface area (Å²) in [5.41, 5.74) is 4.77. The Hall–Kier alpha value is -2.74. The number of nitrogens with zero attached hydrogens (tertiary/aromatic N) is 1. The van der Waals surface area contributed by atoms with Gasteiger partial charge < -0.3 is 14.8 Å². The third kappa shape index (κ3) is 4.95. The number of benzene rings is 2. The van der Waals surface area contributed by atoms with Crippen molar-refractivity contribution in [3.8, 4) is 11.5 Å². The molecule has 31 heavy (non-hydrogen) atoms. The number of aryl methyl sites for hydroxylation is 3. The van der Waals surface area contributed by atoms with Crippen molar-refractivity contribution in [2.75, 3.05) is 23.8 Å². The topological polar surface area (TPSA) is 84.9 Å². The Labute approximate surface area is 184 Å². The molecule has 2 aromatic rings. The molecule has 7 nitrogen and oxygen atoms in total. The van der Waals surface area contributed by atoms with Gasteiger partial charge in [0.15, 0.2) is 11.5 Å². The van der Waals surface area contributed by atoms with Crippen LogP contribution in [-0.4, -0.2) is 39.8 Å². The number of ether oxygens (including phenoxy) is 2. The van der Waals surface area contributed by atoms with Crippen LogP contribution in [0.5, 0.6) is 11.5 Å². The quantitative estimate of drug-likeness (QED) is 0.735. The molecule has 0 fully saturated rings. The van der Waals surface area contributed by atoms with E-state index in [0.717, 1.165) is 27.3 Å². The fourth-order valence-electron chi connectivity index (χ4n) is 3.84. The van der Waals surface area contributed by atoms with Gasteiger partial charge in [0.05, 0.1) is 18.0 Å². The number of fused-ring (bicyclic) bond motifs is 1.